The van der Waals surface area contributed by atoms with Crippen LogP contribution in [0, 0.1) is 12.8 Å². The molecule has 2 fully saturated rings. The second-order valence-corrected chi connectivity index (χ2v) is 5.74. The molecule has 0 unspecified atom stereocenters. The predicted molar refractivity (Wildman–Crippen MR) is 77.4 cm³/mol. The average Bonchev–Trinajstić information content (AvgIpc) is 3.22. The van der Waals surface area contributed by atoms with Gasteiger partial charge in [-0.3, -0.25) is 0 Å². The summed E-state index contributed by atoms with van der Waals surface area (Å²) in [6, 6.07) is 2.72. The van der Waals surface area contributed by atoms with Crippen molar-refractivity contribution >= 4 is 11.6 Å². The first-order valence-corrected chi connectivity index (χ1v) is 7.32. The van der Waals surface area contributed by atoms with Crippen molar-refractivity contribution in [2.75, 3.05) is 29.9 Å². The number of aryl methyl sites for hydroxylation is 1. The predicted octanol–water partition coefficient (Wildman–Crippen LogP) is 1.53. The maximum absolute atomic E-state index is 5.74. The SMILES string of the molecule is Cc1nc(NC2CC2)cc(N2CCC(CN)CC2)n1. The van der Waals surface area contributed by atoms with Crippen LogP contribution >= 0.6 is 0 Å². The van der Waals surface area contributed by atoms with Crippen molar-refractivity contribution in [2.45, 2.75) is 38.6 Å². The highest BCUT2D eigenvalue weighted by Crippen LogP contribution is 2.27. The highest BCUT2D eigenvalue weighted by molar-refractivity contribution is 5.50. The molecule has 0 radical (unpaired) electrons. The zero-order valence-electron chi connectivity index (χ0n) is 11.6. The van der Waals surface area contributed by atoms with Crippen molar-refractivity contribution in [3.05, 3.63) is 11.9 Å². The van der Waals surface area contributed by atoms with Gasteiger partial charge in [0.15, 0.2) is 0 Å². The van der Waals surface area contributed by atoms with Gasteiger partial charge >= 0.3 is 0 Å². The third-order valence-corrected chi connectivity index (χ3v) is 4.03. The van der Waals surface area contributed by atoms with E-state index in [0.717, 1.165) is 37.1 Å². The van der Waals surface area contributed by atoms with E-state index in [9.17, 15) is 0 Å². The van der Waals surface area contributed by atoms with Crippen LogP contribution in [0.1, 0.15) is 31.5 Å². The fourth-order valence-corrected chi connectivity index (χ4v) is 2.62. The van der Waals surface area contributed by atoms with Crippen LogP contribution in [-0.2, 0) is 0 Å². The molecule has 2 heterocycles. The summed E-state index contributed by atoms with van der Waals surface area (Å²) in [6.45, 7) is 4.89. The molecule has 0 aromatic carbocycles. The Kier molecular flexibility index (Phi) is 3.55. The minimum atomic E-state index is 0.630. The van der Waals surface area contributed by atoms with Gasteiger partial charge in [0.05, 0.1) is 0 Å². The Morgan fingerprint density at radius 2 is 2.00 bits per heavy atom. The summed E-state index contributed by atoms with van der Waals surface area (Å²) in [5.41, 5.74) is 5.74. The molecule has 2 aliphatic rings. The molecule has 5 nitrogen and oxygen atoms in total. The quantitative estimate of drug-likeness (QED) is 0.860. The number of nitrogens with one attached hydrogen (secondary N) is 1. The molecule has 1 aliphatic carbocycles. The molecule has 0 amide bonds. The number of anilines is 2. The molecular formula is C14H23N5. The molecular weight excluding hydrogens is 238 g/mol. The standard InChI is InChI=1S/C14H23N5/c1-10-16-13(18-12-2-3-12)8-14(17-10)19-6-4-11(9-15)5-7-19/h8,11-12H,2-7,9,15H2,1H3,(H,16,17,18). The third-order valence-electron chi connectivity index (χ3n) is 4.03. The van der Waals surface area contributed by atoms with Gasteiger partial charge in [-0.25, -0.2) is 9.97 Å². The minimum Gasteiger partial charge on any atom is -0.367 e. The molecule has 1 aromatic rings. The first kappa shape index (κ1) is 12.7. The van der Waals surface area contributed by atoms with Gasteiger partial charge in [0, 0.05) is 25.2 Å². The Morgan fingerprint density at radius 3 is 2.63 bits per heavy atom. The lowest BCUT2D eigenvalue weighted by Gasteiger charge is -2.32. The lowest BCUT2D eigenvalue weighted by atomic mass is 9.97. The van der Waals surface area contributed by atoms with Crippen LogP contribution in [0.15, 0.2) is 6.07 Å². The van der Waals surface area contributed by atoms with Crippen LogP contribution < -0.4 is 16.0 Å². The van der Waals surface area contributed by atoms with Gasteiger partial charge in [0.2, 0.25) is 0 Å². The lowest BCUT2D eigenvalue weighted by Crippen LogP contribution is -2.36. The number of hydrogen-bond donors (Lipinski definition) is 2. The highest BCUT2D eigenvalue weighted by Gasteiger charge is 2.23. The van der Waals surface area contributed by atoms with Crippen molar-refractivity contribution in [2.24, 2.45) is 11.7 Å². The molecule has 3 rings (SSSR count). The molecule has 1 aromatic heterocycles. The van der Waals surface area contributed by atoms with E-state index in [1.54, 1.807) is 0 Å². The molecule has 0 atom stereocenters. The molecule has 1 aliphatic heterocycles. The van der Waals surface area contributed by atoms with Gasteiger partial charge in [0.25, 0.3) is 0 Å². The van der Waals surface area contributed by atoms with E-state index in [1.165, 1.54) is 25.7 Å². The number of nitrogens with two attached hydrogens (primary N) is 1. The zero-order valence-corrected chi connectivity index (χ0v) is 11.6. The van der Waals surface area contributed by atoms with Crippen LogP contribution in [0.5, 0.6) is 0 Å². The Morgan fingerprint density at radius 1 is 1.26 bits per heavy atom. The maximum Gasteiger partial charge on any atom is 0.134 e. The normalized spacial score (nSPS) is 20.6. The topological polar surface area (TPSA) is 67.1 Å². The molecule has 0 bridgehead atoms. The summed E-state index contributed by atoms with van der Waals surface area (Å²) >= 11 is 0. The fourth-order valence-electron chi connectivity index (χ4n) is 2.62. The number of hydrogen-bond acceptors (Lipinski definition) is 5. The summed E-state index contributed by atoms with van der Waals surface area (Å²) < 4.78 is 0. The fraction of sp³-hybridized carbons (Fsp3) is 0.714. The Balaban J connectivity index is 1.70. The van der Waals surface area contributed by atoms with Crippen molar-refractivity contribution in [1.82, 2.24) is 9.97 Å². The second kappa shape index (κ2) is 5.33. The monoisotopic (exact) mass is 261 g/mol. The number of nitrogens with zero attached hydrogens (tertiary/aromatic N) is 3. The molecule has 19 heavy (non-hydrogen) atoms. The van der Waals surface area contributed by atoms with Crippen molar-refractivity contribution in [1.29, 1.82) is 0 Å². The maximum atomic E-state index is 5.74. The van der Waals surface area contributed by atoms with Gasteiger partial charge < -0.3 is 16.0 Å². The zero-order chi connectivity index (χ0) is 13.2. The van der Waals surface area contributed by atoms with E-state index >= 15 is 0 Å². The Hall–Kier alpha value is -1.36. The van der Waals surface area contributed by atoms with Crippen LogP contribution in [0.25, 0.3) is 0 Å². The van der Waals surface area contributed by atoms with Crippen LogP contribution in [0.3, 0.4) is 0 Å². The Bertz CT molecular complexity index is 435. The molecule has 1 saturated heterocycles. The van der Waals surface area contributed by atoms with E-state index in [2.05, 4.69) is 26.3 Å². The van der Waals surface area contributed by atoms with Crippen LogP contribution in [-0.4, -0.2) is 35.6 Å². The van der Waals surface area contributed by atoms with E-state index in [-0.39, 0.29) is 0 Å². The van der Waals surface area contributed by atoms with Crippen molar-refractivity contribution in [3.63, 3.8) is 0 Å². The van der Waals surface area contributed by atoms with E-state index in [4.69, 9.17) is 5.73 Å². The molecule has 0 spiro atoms. The Labute approximate surface area is 114 Å². The smallest absolute Gasteiger partial charge is 0.134 e. The van der Waals surface area contributed by atoms with Gasteiger partial charge in [-0.2, -0.15) is 0 Å². The first-order chi connectivity index (χ1) is 9.24. The van der Waals surface area contributed by atoms with Gasteiger partial charge in [-0.15, -0.1) is 0 Å². The molecule has 5 heteroatoms. The molecule has 104 valence electrons. The number of aromatic nitrogens is 2. The second-order valence-electron chi connectivity index (χ2n) is 5.74. The molecule has 3 N–H and O–H groups in total. The first-order valence-electron chi connectivity index (χ1n) is 7.32. The lowest BCUT2D eigenvalue weighted by molar-refractivity contribution is 0.413. The number of rotatable bonds is 4. The summed E-state index contributed by atoms with van der Waals surface area (Å²) in [5.74, 6) is 3.57. The summed E-state index contributed by atoms with van der Waals surface area (Å²) in [5, 5.41) is 3.46. The van der Waals surface area contributed by atoms with Crippen molar-refractivity contribution < 1.29 is 0 Å². The van der Waals surface area contributed by atoms with Crippen molar-refractivity contribution in [3.8, 4) is 0 Å². The largest absolute Gasteiger partial charge is 0.367 e. The summed E-state index contributed by atoms with van der Waals surface area (Å²) in [4.78, 5) is 11.4. The van der Waals surface area contributed by atoms with Gasteiger partial charge in [0.1, 0.15) is 17.5 Å². The van der Waals surface area contributed by atoms with Gasteiger partial charge in [-0.1, -0.05) is 0 Å². The highest BCUT2D eigenvalue weighted by atomic mass is 15.2. The average molecular weight is 261 g/mol. The summed E-state index contributed by atoms with van der Waals surface area (Å²) in [6.07, 6.45) is 4.87. The third kappa shape index (κ3) is 3.15. The van der Waals surface area contributed by atoms with E-state index < -0.39 is 0 Å². The minimum absolute atomic E-state index is 0.630. The van der Waals surface area contributed by atoms with Crippen LogP contribution in [0.4, 0.5) is 11.6 Å². The van der Waals surface area contributed by atoms with Gasteiger partial charge in [-0.05, 0) is 45.1 Å². The van der Waals surface area contributed by atoms with E-state index in [1.807, 2.05) is 6.92 Å². The number of piperidine rings is 1. The summed E-state index contributed by atoms with van der Waals surface area (Å²) in [7, 11) is 0. The van der Waals surface area contributed by atoms with Crippen LogP contribution in [0.2, 0.25) is 0 Å². The van der Waals surface area contributed by atoms with E-state index in [0.29, 0.717) is 12.0 Å². The molecule has 1 saturated carbocycles.